The van der Waals surface area contributed by atoms with Crippen LogP contribution in [0.5, 0.6) is 0 Å². The van der Waals surface area contributed by atoms with E-state index in [1.54, 1.807) is 17.4 Å². The molecule has 2 aromatic rings. The highest BCUT2D eigenvalue weighted by Crippen LogP contribution is 2.10. The van der Waals surface area contributed by atoms with E-state index >= 15 is 0 Å². The average molecular weight is 206 g/mol. The molecule has 0 radical (unpaired) electrons. The summed E-state index contributed by atoms with van der Waals surface area (Å²) < 4.78 is 0. The van der Waals surface area contributed by atoms with Gasteiger partial charge in [0.05, 0.1) is 6.54 Å². The maximum Gasteiger partial charge on any atom is 0.149 e. The van der Waals surface area contributed by atoms with Gasteiger partial charge in [-0.1, -0.05) is 6.07 Å². The fourth-order valence-corrected chi connectivity index (χ4v) is 1.67. The van der Waals surface area contributed by atoms with Gasteiger partial charge in [-0.15, -0.1) is 21.5 Å². The van der Waals surface area contributed by atoms with Gasteiger partial charge in [0.15, 0.2) is 0 Å². The van der Waals surface area contributed by atoms with Crippen LogP contribution in [0.4, 0.5) is 11.6 Å². The molecule has 0 saturated heterocycles. The standard InChI is InChI=1S/C9H10N4S/c10-8-3-4-9(13-12-8)11-6-7-2-1-5-14-7/h1-5H,6H2,(H2,10,12)(H,11,13). The summed E-state index contributed by atoms with van der Waals surface area (Å²) in [6, 6.07) is 7.64. The second-order valence-electron chi connectivity index (χ2n) is 2.78. The molecular formula is C9H10N4S. The minimum Gasteiger partial charge on any atom is -0.382 e. The lowest BCUT2D eigenvalue weighted by Crippen LogP contribution is -2.01. The van der Waals surface area contributed by atoms with Crippen molar-refractivity contribution in [2.45, 2.75) is 6.54 Å². The van der Waals surface area contributed by atoms with Gasteiger partial charge in [-0.2, -0.15) is 0 Å². The predicted molar refractivity (Wildman–Crippen MR) is 58.1 cm³/mol. The second-order valence-corrected chi connectivity index (χ2v) is 3.81. The first-order valence-corrected chi connectivity index (χ1v) is 5.08. The monoisotopic (exact) mass is 206 g/mol. The summed E-state index contributed by atoms with van der Waals surface area (Å²) in [7, 11) is 0. The molecule has 0 saturated carbocycles. The number of hydrogen-bond acceptors (Lipinski definition) is 5. The molecule has 0 aliphatic carbocycles. The van der Waals surface area contributed by atoms with Gasteiger partial charge in [0.25, 0.3) is 0 Å². The number of nitrogens with one attached hydrogen (secondary N) is 1. The molecule has 0 aliphatic rings. The molecule has 2 heterocycles. The van der Waals surface area contributed by atoms with Crippen molar-refractivity contribution in [2.24, 2.45) is 0 Å². The third-order valence-corrected chi connectivity index (χ3v) is 2.59. The van der Waals surface area contributed by atoms with Crippen LogP contribution in [0, 0.1) is 0 Å². The van der Waals surface area contributed by atoms with Crippen LogP contribution in [0.3, 0.4) is 0 Å². The zero-order chi connectivity index (χ0) is 9.80. The van der Waals surface area contributed by atoms with Crippen LogP contribution in [0.15, 0.2) is 29.6 Å². The number of nitrogens with zero attached hydrogens (tertiary/aromatic N) is 2. The van der Waals surface area contributed by atoms with E-state index in [1.807, 2.05) is 17.5 Å². The summed E-state index contributed by atoms with van der Waals surface area (Å²) in [4.78, 5) is 1.27. The highest BCUT2D eigenvalue weighted by atomic mass is 32.1. The van der Waals surface area contributed by atoms with Crippen LogP contribution in [0.25, 0.3) is 0 Å². The highest BCUT2D eigenvalue weighted by Gasteiger charge is 1.95. The van der Waals surface area contributed by atoms with Crippen molar-refractivity contribution in [3.8, 4) is 0 Å². The molecule has 14 heavy (non-hydrogen) atoms. The zero-order valence-corrected chi connectivity index (χ0v) is 8.29. The predicted octanol–water partition coefficient (Wildman–Crippen LogP) is 1.73. The van der Waals surface area contributed by atoms with Crippen molar-refractivity contribution in [1.29, 1.82) is 0 Å². The number of nitrogens with two attached hydrogens (primary N) is 1. The molecular weight excluding hydrogens is 196 g/mol. The van der Waals surface area contributed by atoms with E-state index in [-0.39, 0.29) is 0 Å². The van der Waals surface area contributed by atoms with Crippen LogP contribution in [-0.2, 0) is 6.54 Å². The Kier molecular flexibility index (Phi) is 2.60. The Bertz CT molecular complexity index is 382. The van der Waals surface area contributed by atoms with Crippen molar-refractivity contribution >= 4 is 23.0 Å². The number of anilines is 2. The summed E-state index contributed by atoms with van der Waals surface area (Å²) in [5.41, 5.74) is 5.42. The van der Waals surface area contributed by atoms with E-state index in [1.165, 1.54) is 4.88 Å². The third kappa shape index (κ3) is 2.20. The van der Waals surface area contributed by atoms with Crippen molar-refractivity contribution < 1.29 is 0 Å². The van der Waals surface area contributed by atoms with Crippen LogP contribution in [0.2, 0.25) is 0 Å². The molecule has 0 spiro atoms. The number of rotatable bonds is 3. The quantitative estimate of drug-likeness (QED) is 0.802. The van der Waals surface area contributed by atoms with Gasteiger partial charge in [0.2, 0.25) is 0 Å². The number of thiophene rings is 1. The van der Waals surface area contributed by atoms with Crippen LogP contribution in [-0.4, -0.2) is 10.2 Å². The molecule has 3 N–H and O–H groups in total. The fourth-order valence-electron chi connectivity index (χ4n) is 1.03. The number of hydrogen-bond donors (Lipinski definition) is 2. The lowest BCUT2D eigenvalue weighted by atomic mass is 10.4. The molecule has 5 heteroatoms. The van der Waals surface area contributed by atoms with Gasteiger partial charge in [0.1, 0.15) is 11.6 Å². The van der Waals surface area contributed by atoms with Gasteiger partial charge in [-0.3, -0.25) is 0 Å². The first-order valence-electron chi connectivity index (χ1n) is 4.20. The Balaban J connectivity index is 1.95. The van der Waals surface area contributed by atoms with Crippen molar-refractivity contribution in [1.82, 2.24) is 10.2 Å². The van der Waals surface area contributed by atoms with Crippen molar-refractivity contribution in [3.63, 3.8) is 0 Å². The summed E-state index contributed by atoms with van der Waals surface area (Å²) in [6.45, 7) is 0.774. The van der Waals surface area contributed by atoms with E-state index < -0.39 is 0 Å². The Morgan fingerprint density at radius 1 is 1.29 bits per heavy atom. The lowest BCUT2D eigenvalue weighted by molar-refractivity contribution is 1.01. The van der Waals surface area contributed by atoms with Gasteiger partial charge in [-0.25, -0.2) is 0 Å². The zero-order valence-electron chi connectivity index (χ0n) is 7.47. The summed E-state index contributed by atoms with van der Waals surface area (Å²) >= 11 is 1.71. The van der Waals surface area contributed by atoms with E-state index in [0.717, 1.165) is 12.4 Å². The lowest BCUT2D eigenvalue weighted by Gasteiger charge is -2.02. The fraction of sp³-hybridized carbons (Fsp3) is 0.111. The molecule has 0 bridgehead atoms. The highest BCUT2D eigenvalue weighted by molar-refractivity contribution is 7.09. The molecule has 0 unspecified atom stereocenters. The molecule has 2 rings (SSSR count). The van der Waals surface area contributed by atoms with Crippen LogP contribution >= 0.6 is 11.3 Å². The van der Waals surface area contributed by atoms with Gasteiger partial charge in [-0.05, 0) is 23.6 Å². The molecule has 0 fully saturated rings. The average Bonchev–Trinajstić information content (AvgIpc) is 2.70. The Morgan fingerprint density at radius 3 is 2.86 bits per heavy atom. The SMILES string of the molecule is Nc1ccc(NCc2cccs2)nn1. The maximum absolute atomic E-state index is 5.42. The van der Waals surface area contributed by atoms with Gasteiger partial charge in [0, 0.05) is 4.88 Å². The second kappa shape index (κ2) is 4.06. The first kappa shape index (κ1) is 8.96. The summed E-state index contributed by atoms with van der Waals surface area (Å²) in [5, 5.41) is 12.8. The largest absolute Gasteiger partial charge is 0.382 e. The summed E-state index contributed by atoms with van der Waals surface area (Å²) in [5.74, 6) is 1.18. The summed E-state index contributed by atoms with van der Waals surface area (Å²) in [6.07, 6.45) is 0. The molecule has 0 aromatic carbocycles. The molecule has 0 aliphatic heterocycles. The van der Waals surface area contributed by atoms with E-state index in [2.05, 4.69) is 21.6 Å². The van der Waals surface area contributed by atoms with E-state index in [9.17, 15) is 0 Å². The topological polar surface area (TPSA) is 63.8 Å². The van der Waals surface area contributed by atoms with E-state index in [0.29, 0.717) is 5.82 Å². The Labute approximate surface area is 85.8 Å². The maximum atomic E-state index is 5.42. The minimum absolute atomic E-state index is 0.437. The van der Waals surface area contributed by atoms with Gasteiger partial charge < -0.3 is 11.1 Å². The van der Waals surface area contributed by atoms with Crippen LogP contribution in [0.1, 0.15) is 4.88 Å². The molecule has 2 aromatic heterocycles. The van der Waals surface area contributed by atoms with Gasteiger partial charge >= 0.3 is 0 Å². The minimum atomic E-state index is 0.437. The van der Waals surface area contributed by atoms with Crippen molar-refractivity contribution in [3.05, 3.63) is 34.5 Å². The normalized spacial score (nSPS) is 10.0. The number of aromatic nitrogens is 2. The smallest absolute Gasteiger partial charge is 0.149 e. The number of nitrogen functional groups attached to an aromatic ring is 1. The Morgan fingerprint density at radius 2 is 2.21 bits per heavy atom. The Hall–Kier alpha value is -1.62. The van der Waals surface area contributed by atoms with Crippen LogP contribution < -0.4 is 11.1 Å². The third-order valence-electron chi connectivity index (χ3n) is 1.71. The molecule has 0 amide bonds. The van der Waals surface area contributed by atoms with E-state index in [4.69, 9.17) is 5.73 Å². The molecule has 4 nitrogen and oxygen atoms in total. The first-order chi connectivity index (χ1) is 6.84. The van der Waals surface area contributed by atoms with Crippen molar-refractivity contribution in [2.75, 3.05) is 11.1 Å². The molecule has 72 valence electrons. The molecule has 0 atom stereocenters.